The number of benzene rings is 1. The summed E-state index contributed by atoms with van der Waals surface area (Å²) < 4.78 is 7.13. The number of nitrogens with zero attached hydrogens (tertiary/aromatic N) is 6. The summed E-state index contributed by atoms with van der Waals surface area (Å²) in [5.74, 6) is 0. The summed E-state index contributed by atoms with van der Waals surface area (Å²) in [5, 5.41) is 8.44. The van der Waals surface area contributed by atoms with Gasteiger partial charge in [-0.1, -0.05) is 0 Å². The monoisotopic (exact) mass is 418 g/mol. The molecule has 0 radical (unpaired) electrons. The van der Waals surface area contributed by atoms with E-state index in [0.29, 0.717) is 0 Å². The number of hydrogen-bond donors (Lipinski definition) is 1. The topological polar surface area (TPSA) is 60.7 Å². The fraction of sp³-hybridized carbons (Fsp3) is 0.500. The molecule has 26 heavy (non-hydrogen) atoms. The predicted molar refractivity (Wildman–Crippen MR) is 98.1 cm³/mol. The number of fused-ring (bicyclic) bond motifs is 1. The van der Waals surface area contributed by atoms with Gasteiger partial charge in [0.05, 0.1) is 0 Å². The molecule has 2 rings (SSSR count). The van der Waals surface area contributed by atoms with Crippen molar-refractivity contribution < 1.29 is 33.1 Å². The number of para-hydroxylation sites is 1. The van der Waals surface area contributed by atoms with E-state index < -0.39 is 7.43 Å². The molecule has 0 fully saturated rings. The Kier molecular flexibility index (Phi) is 15.4. The zero-order chi connectivity index (χ0) is 15.2. The molecule has 0 amide bonds. The first-order valence-corrected chi connectivity index (χ1v) is 8.36. The summed E-state index contributed by atoms with van der Waals surface area (Å²) in [5.41, 5.74) is 1.57. The van der Waals surface area contributed by atoms with Gasteiger partial charge < -0.3 is 0 Å². The summed E-state index contributed by atoms with van der Waals surface area (Å²) in [6, 6.07) is 7.64. The van der Waals surface area contributed by atoms with Crippen LogP contribution in [0.1, 0.15) is 0 Å². The summed E-state index contributed by atoms with van der Waals surface area (Å²) in [6.07, 6.45) is 0. The minimum Gasteiger partial charge on any atom is -0.269 e. The van der Waals surface area contributed by atoms with E-state index in [4.69, 9.17) is 0 Å². The van der Waals surface area contributed by atoms with E-state index in [1.165, 1.54) is 0 Å². The average Bonchev–Trinajstić information content (AvgIpc) is 2.81. The standard InChI is InChI=1S/C12H23N6OP.6FH/c1-15(2)20(19,16(3)4,17(5)6)18-12-10-8-7-9-11(12)13-14-18;;;;;;/h7-10,19H,1-6H3;6*1H. The predicted octanol–water partition coefficient (Wildman–Crippen LogP) is 2.00. The molecule has 1 N–H and O–H groups in total. The minimum absolute atomic E-state index is 0. The zero-order valence-electron chi connectivity index (χ0n) is 15.3. The molecule has 0 aliphatic heterocycles. The molecule has 0 aliphatic carbocycles. The average molecular weight is 418 g/mol. The molecule has 160 valence electrons. The Balaban J connectivity index is -0.000000245. The molecule has 0 spiro atoms. The maximum atomic E-state index is 11.8. The van der Waals surface area contributed by atoms with Gasteiger partial charge in [0, 0.05) is 0 Å². The molecule has 0 saturated heterocycles. The van der Waals surface area contributed by atoms with E-state index in [0.717, 1.165) is 11.0 Å². The fourth-order valence-electron chi connectivity index (χ4n) is 2.70. The maximum Gasteiger partial charge on any atom is -0.269 e. The number of hydrogen-bond acceptors (Lipinski definition) is 6. The Morgan fingerprint density at radius 1 is 0.769 bits per heavy atom. The van der Waals surface area contributed by atoms with Gasteiger partial charge in [-0.3, -0.25) is 28.2 Å². The molecule has 0 unspecified atom stereocenters. The molecule has 0 saturated carbocycles. The van der Waals surface area contributed by atoms with Crippen LogP contribution in [0.25, 0.3) is 11.0 Å². The van der Waals surface area contributed by atoms with Crippen molar-refractivity contribution in [3.8, 4) is 0 Å². The molecule has 0 atom stereocenters. The van der Waals surface area contributed by atoms with E-state index >= 15 is 0 Å². The van der Waals surface area contributed by atoms with Gasteiger partial charge in [-0.2, -0.15) is 0 Å². The van der Waals surface area contributed by atoms with Crippen molar-refractivity contribution in [2.75, 3.05) is 42.3 Å². The van der Waals surface area contributed by atoms with Crippen LogP contribution < -0.4 is 0 Å². The maximum absolute atomic E-state index is 11.8. The van der Waals surface area contributed by atoms with Gasteiger partial charge >= 0.3 is 119 Å². The summed E-state index contributed by atoms with van der Waals surface area (Å²) in [6.45, 7) is 0. The van der Waals surface area contributed by atoms with Crippen molar-refractivity contribution in [3.63, 3.8) is 0 Å². The molecule has 14 heteroatoms. The molecule has 1 aromatic heterocycles. The van der Waals surface area contributed by atoms with Crippen LogP contribution in [0.2, 0.25) is 0 Å². The normalized spacial score (nSPS) is 11.7. The van der Waals surface area contributed by atoms with Crippen LogP contribution >= 0.6 is 7.43 Å². The van der Waals surface area contributed by atoms with E-state index in [1.54, 1.807) is 4.45 Å². The summed E-state index contributed by atoms with van der Waals surface area (Å²) >= 11 is 0. The first kappa shape index (κ1) is 35.6. The van der Waals surface area contributed by atoms with Crippen molar-refractivity contribution >= 4 is 18.5 Å². The van der Waals surface area contributed by atoms with Gasteiger partial charge in [-0.25, -0.2) is 0 Å². The van der Waals surface area contributed by atoms with Gasteiger partial charge in [0.15, 0.2) is 0 Å². The van der Waals surface area contributed by atoms with Crippen LogP contribution in [0.15, 0.2) is 24.3 Å². The third kappa shape index (κ3) is 4.07. The van der Waals surface area contributed by atoms with Gasteiger partial charge in [-0.05, 0) is 0 Å². The molecule has 2 aromatic rings. The molecular weight excluding hydrogens is 389 g/mol. The third-order valence-electron chi connectivity index (χ3n) is 3.82. The largest absolute Gasteiger partial charge is 0.269 e. The van der Waals surface area contributed by atoms with Gasteiger partial charge in [0.1, 0.15) is 0 Å². The second-order valence-electron chi connectivity index (χ2n) is 5.40. The smallest absolute Gasteiger partial charge is 0.269 e. The van der Waals surface area contributed by atoms with Gasteiger partial charge in [0.2, 0.25) is 0 Å². The molecular formula is C12H29F6N6OP. The van der Waals surface area contributed by atoms with Crippen molar-refractivity contribution in [1.29, 1.82) is 0 Å². The van der Waals surface area contributed by atoms with E-state index in [2.05, 4.69) is 10.3 Å². The first-order chi connectivity index (χ1) is 9.24. The quantitative estimate of drug-likeness (QED) is 0.606. The van der Waals surface area contributed by atoms with Crippen LogP contribution in [-0.2, 0) is 0 Å². The van der Waals surface area contributed by atoms with Crippen molar-refractivity contribution in [2.45, 2.75) is 0 Å². The first-order valence-electron chi connectivity index (χ1n) is 6.36. The van der Waals surface area contributed by atoms with Crippen LogP contribution in [0.4, 0.5) is 28.2 Å². The number of halogens is 6. The van der Waals surface area contributed by atoms with Gasteiger partial charge in [0.25, 0.3) is 0 Å². The molecule has 0 aliphatic rings. The van der Waals surface area contributed by atoms with E-state index in [9.17, 15) is 4.89 Å². The van der Waals surface area contributed by atoms with Gasteiger partial charge in [-0.15, -0.1) is 0 Å². The van der Waals surface area contributed by atoms with Crippen molar-refractivity contribution in [2.24, 2.45) is 0 Å². The molecule has 7 nitrogen and oxygen atoms in total. The Hall–Kier alpha value is -1.53. The van der Waals surface area contributed by atoms with Crippen molar-refractivity contribution in [1.82, 2.24) is 28.8 Å². The second kappa shape index (κ2) is 11.2. The number of aromatic nitrogens is 3. The summed E-state index contributed by atoms with van der Waals surface area (Å²) in [7, 11) is 7.36. The Morgan fingerprint density at radius 3 is 1.54 bits per heavy atom. The van der Waals surface area contributed by atoms with E-state index in [1.807, 2.05) is 80.6 Å². The Morgan fingerprint density at radius 2 is 1.15 bits per heavy atom. The minimum atomic E-state index is -3.77. The van der Waals surface area contributed by atoms with Crippen LogP contribution in [0.3, 0.4) is 0 Å². The van der Waals surface area contributed by atoms with Crippen LogP contribution in [0, 0.1) is 0 Å². The molecule has 1 heterocycles. The van der Waals surface area contributed by atoms with Crippen LogP contribution in [-0.4, -0.2) is 76.0 Å². The second-order valence-corrected chi connectivity index (χ2v) is 9.97. The molecule has 0 bridgehead atoms. The Bertz CT molecular complexity index is 619. The SMILES string of the molecule is CN(C)P(O)(N(C)C)(N(C)C)n1nnc2ccccc21.F.F.F.F.F.F. The molecule has 1 aromatic carbocycles. The van der Waals surface area contributed by atoms with E-state index in [-0.39, 0.29) is 28.2 Å². The Labute approximate surface area is 148 Å². The zero-order valence-corrected chi connectivity index (χ0v) is 16.2. The van der Waals surface area contributed by atoms with Crippen molar-refractivity contribution in [3.05, 3.63) is 24.3 Å². The third-order valence-corrected chi connectivity index (χ3v) is 9.09. The summed E-state index contributed by atoms with van der Waals surface area (Å²) in [4.78, 5) is 11.8. The van der Waals surface area contributed by atoms with Crippen LogP contribution in [0.5, 0.6) is 0 Å². The fourth-order valence-corrected chi connectivity index (χ4v) is 6.60. The number of rotatable bonds is 4.